The van der Waals surface area contributed by atoms with E-state index in [1.807, 2.05) is 0 Å². The van der Waals surface area contributed by atoms with Crippen LogP contribution in [0.4, 0.5) is 18.0 Å². The minimum atomic E-state index is -4.51. The molecular formula is C12H19F3N2O4. The van der Waals surface area contributed by atoms with Crippen molar-refractivity contribution in [2.45, 2.75) is 38.5 Å². The summed E-state index contributed by atoms with van der Waals surface area (Å²) < 4.78 is 42.8. The predicted molar refractivity (Wildman–Crippen MR) is 66.9 cm³/mol. The number of nitrogens with zero attached hydrogens (tertiary/aromatic N) is 2. The van der Waals surface area contributed by atoms with Crippen molar-refractivity contribution in [3.05, 3.63) is 0 Å². The second kappa shape index (κ2) is 6.97. The molecule has 1 N–H and O–H groups in total. The molecule has 1 saturated heterocycles. The van der Waals surface area contributed by atoms with Gasteiger partial charge in [-0.2, -0.15) is 13.2 Å². The first-order chi connectivity index (χ1) is 9.61. The van der Waals surface area contributed by atoms with Crippen molar-refractivity contribution in [3.63, 3.8) is 0 Å². The number of carbonyl (C=O) groups excluding carboxylic acids is 1. The summed E-state index contributed by atoms with van der Waals surface area (Å²) in [5.74, 6) is -1.13. The molecule has 2 amide bonds. The number of halogens is 3. The molecule has 21 heavy (non-hydrogen) atoms. The predicted octanol–water partition coefficient (Wildman–Crippen LogP) is 1.55. The van der Waals surface area contributed by atoms with Crippen LogP contribution in [-0.4, -0.2) is 71.5 Å². The molecular weight excluding hydrogens is 293 g/mol. The van der Waals surface area contributed by atoms with E-state index in [1.54, 1.807) is 0 Å². The van der Waals surface area contributed by atoms with Gasteiger partial charge in [0, 0.05) is 12.6 Å². The summed E-state index contributed by atoms with van der Waals surface area (Å²) in [6.45, 7) is 1.88. The largest absolute Gasteiger partial charge is 0.481 e. The van der Waals surface area contributed by atoms with Crippen LogP contribution < -0.4 is 0 Å². The van der Waals surface area contributed by atoms with Crippen molar-refractivity contribution in [3.8, 4) is 0 Å². The van der Waals surface area contributed by atoms with Gasteiger partial charge in [0.05, 0.1) is 25.7 Å². The van der Waals surface area contributed by atoms with E-state index >= 15 is 0 Å². The number of hydrogen-bond acceptors (Lipinski definition) is 3. The van der Waals surface area contributed by atoms with Gasteiger partial charge in [0.15, 0.2) is 0 Å². The Balaban J connectivity index is 2.86. The van der Waals surface area contributed by atoms with Crippen LogP contribution in [0.1, 0.15) is 20.3 Å². The fourth-order valence-electron chi connectivity index (χ4n) is 2.11. The highest BCUT2D eigenvalue weighted by Crippen LogP contribution is 2.21. The molecule has 6 nitrogen and oxygen atoms in total. The molecule has 1 heterocycles. The van der Waals surface area contributed by atoms with Crippen molar-refractivity contribution in [1.82, 2.24) is 9.80 Å². The number of carbonyl (C=O) groups is 2. The van der Waals surface area contributed by atoms with Gasteiger partial charge < -0.3 is 19.6 Å². The maximum absolute atomic E-state index is 12.6. The third-order valence-corrected chi connectivity index (χ3v) is 3.10. The minimum Gasteiger partial charge on any atom is -0.481 e. The third kappa shape index (κ3) is 5.41. The van der Waals surface area contributed by atoms with Crippen LogP contribution in [0.5, 0.6) is 0 Å². The van der Waals surface area contributed by atoms with Gasteiger partial charge in [0.2, 0.25) is 0 Å². The highest BCUT2D eigenvalue weighted by Gasteiger charge is 2.38. The molecule has 0 bridgehead atoms. The number of morpholine rings is 1. The maximum Gasteiger partial charge on any atom is 0.406 e. The van der Waals surface area contributed by atoms with Gasteiger partial charge in [0.1, 0.15) is 6.54 Å². The van der Waals surface area contributed by atoms with Crippen molar-refractivity contribution in [2.24, 2.45) is 0 Å². The number of carboxylic acid groups (broad SMARTS) is 1. The van der Waals surface area contributed by atoms with Crippen LogP contribution >= 0.6 is 0 Å². The van der Waals surface area contributed by atoms with Crippen LogP contribution in [0.2, 0.25) is 0 Å². The van der Waals surface area contributed by atoms with Gasteiger partial charge in [-0.25, -0.2) is 4.79 Å². The second-order valence-corrected chi connectivity index (χ2v) is 5.14. The molecule has 1 atom stereocenters. The lowest BCUT2D eigenvalue weighted by Crippen LogP contribution is -2.57. The Morgan fingerprint density at radius 3 is 2.52 bits per heavy atom. The molecule has 0 aromatic heterocycles. The Kier molecular flexibility index (Phi) is 5.82. The van der Waals surface area contributed by atoms with Gasteiger partial charge in [-0.1, -0.05) is 0 Å². The Morgan fingerprint density at radius 1 is 1.43 bits per heavy atom. The number of hydrogen-bond donors (Lipinski definition) is 1. The summed E-state index contributed by atoms with van der Waals surface area (Å²) in [5, 5.41) is 8.81. The quantitative estimate of drug-likeness (QED) is 0.855. The molecule has 1 aliphatic rings. The number of amides is 2. The molecule has 9 heteroatoms. The van der Waals surface area contributed by atoms with Crippen molar-refractivity contribution in [2.75, 3.05) is 26.3 Å². The minimum absolute atomic E-state index is 0.00991. The van der Waals surface area contributed by atoms with Crippen LogP contribution in [0, 0.1) is 0 Å². The smallest absolute Gasteiger partial charge is 0.406 e. The van der Waals surface area contributed by atoms with Crippen molar-refractivity contribution < 1.29 is 32.6 Å². The topological polar surface area (TPSA) is 70.1 Å². The third-order valence-electron chi connectivity index (χ3n) is 3.10. The summed E-state index contributed by atoms with van der Waals surface area (Å²) in [7, 11) is 0. The van der Waals surface area contributed by atoms with Crippen LogP contribution in [0.15, 0.2) is 0 Å². The van der Waals surface area contributed by atoms with Gasteiger partial charge in [0.25, 0.3) is 0 Å². The molecule has 0 aliphatic carbocycles. The van der Waals surface area contributed by atoms with E-state index in [4.69, 9.17) is 9.84 Å². The Bertz CT molecular complexity index is 387. The van der Waals surface area contributed by atoms with E-state index < -0.39 is 36.8 Å². The highest BCUT2D eigenvalue weighted by atomic mass is 19.4. The number of ether oxygens (including phenoxy) is 1. The average molecular weight is 312 g/mol. The van der Waals surface area contributed by atoms with E-state index in [9.17, 15) is 22.8 Å². The fourth-order valence-corrected chi connectivity index (χ4v) is 2.11. The van der Waals surface area contributed by atoms with Gasteiger partial charge >= 0.3 is 18.2 Å². The second-order valence-electron chi connectivity index (χ2n) is 5.14. The van der Waals surface area contributed by atoms with E-state index in [1.165, 1.54) is 13.8 Å². The lowest BCUT2D eigenvalue weighted by atomic mass is 10.1. The van der Waals surface area contributed by atoms with Crippen LogP contribution in [0.25, 0.3) is 0 Å². The number of urea groups is 1. The molecule has 0 aromatic rings. The summed E-state index contributed by atoms with van der Waals surface area (Å²) in [6.07, 6.45) is -4.86. The van der Waals surface area contributed by atoms with E-state index in [0.29, 0.717) is 4.90 Å². The fraction of sp³-hybridized carbons (Fsp3) is 0.833. The number of aliphatic carboxylic acids is 1. The number of rotatable bonds is 4. The zero-order valence-electron chi connectivity index (χ0n) is 11.9. The maximum atomic E-state index is 12.6. The van der Waals surface area contributed by atoms with E-state index in [2.05, 4.69) is 0 Å². The number of carboxylic acids is 1. The number of alkyl halides is 3. The molecule has 0 saturated carbocycles. The average Bonchev–Trinajstić information content (AvgIpc) is 2.34. The monoisotopic (exact) mass is 312 g/mol. The Labute approximate surface area is 120 Å². The molecule has 1 unspecified atom stereocenters. The molecule has 0 aromatic carbocycles. The lowest BCUT2D eigenvalue weighted by Gasteiger charge is -2.39. The molecule has 1 fully saturated rings. The Morgan fingerprint density at radius 2 is 2.05 bits per heavy atom. The van der Waals surface area contributed by atoms with Gasteiger partial charge in [-0.3, -0.25) is 4.79 Å². The SMILES string of the molecule is CC(C)N(CC(F)(F)F)C(=O)N1CCOCC1CC(=O)O. The van der Waals surface area contributed by atoms with Gasteiger partial charge in [-0.05, 0) is 13.8 Å². The molecule has 122 valence electrons. The first-order valence-electron chi connectivity index (χ1n) is 6.55. The zero-order chi connectivity index (χ0) is 16.2. The van der Waals surface area contributed by atoms with E-state index in [-0.39, 0.29) is 26.2 Å². The van der Waals surface area contributed by atoms with Crippen LogP contribution in [-0.2, 0) is 9.53 Å². The van der Waals surface area contributed by atoms with Crippen LogP contribution in [0.3, 0.4) is 0 Å². The standard InChI is InChI=1S/C12H19F3N2O4/c1-8(2)17(7-12(13,14)15)11(20)16-3-4-21-6-9(16)5-10(18)19/h8-9H,3-7H2,1-2H3,(H,18,19). The highest BCUT2D eigenvalue weighted by molar-refractivity contribution is 5.76. The molecule has 0 spiro atoms. The Hall–Kier alpha value is -1.51. The molecule has 1 rings (SSSR count). The van der Waals surface area contributed by atoms with Gasteiger partial charge in [-0.15, -0.1) is 0 Å². The first-order valence-corrected chi connectivity index (χ1v) is 6.55. The van der Waals surface area contributed by atoms with Crippen molar-refractivity contribution in [1.29, 1.82) is 0 Å². The summed E-state index contributed by atoms with van der Waals surface area (Å²) in [6, 6.07) is -2.21. The van der Waals surface area contributed by atoms with E-state index in [0.717, 1.165) is 4.90 Å². The molecule has 1 aliphatic heterocycles. The zero-order valence-corrected chi connectivity index (χ0v) is 11.9. The summed E-state index contributed by atoms with van der Waals surface area (Å²) >= 11 is 0. The van der Waals surface area contributed by atoms with Crippen molar-refractivity contribution >= 4 is 12.0 Å². The molecule has 0 radical (unpaired) electrons. The first kappa shape index (κ1) is 17.5. The summed E-state index contributed by atoms with van der Waals surface area (Å²) in [5.41, 5.74) is 0. The lowest BCUT2D eigenvalue weighted by molar-refractivity contribution is -0.147. The summed E-state index contributed by atoms with van der Waals surface area (Å²) in [4.78, 5) is 24.9. The normalized spacial score (nSPS) is 19.7.